The summed E-state index contributed by atoms with van der Waals surface area (Å²) in [5.74, 6) is 2.75. The summed E-state index contributed by atoms with van der Waals surface area (Å²) in [7, 11) is 0. The molecule has 1 fully saturated rings. The lowest BCUT2D eigenvalue weighted by Gasteiger charge is -2.08. The van der Waals surface area contributed by atoms with Crippen molar-refractivity contribution in [1.29, 1.82) is 0 Å². The number of hydrogen-bond acceptors (Lipinski definition) is 6. The number of nitrogens with zero attached hydrogens (tertiary/aromatic N) is 3. The number of ether oxygens (including phenoxy) is 1. The van der Waals surface area contributed by atoms with Crippen LogP contribution in [0.25, 0.3) is 5.69 Å². The zero-order chi connectivity index (χ0) is 17.8. The van der Waals surface area contributed by atoms with Gasteiger partial charge in [-0.15, -0.1) is 5.10 Å². The molecule has 0 spiro atoms. The topological polar surface area (TPSA) is 73.3 Å². The van der Waals surface area contributed by atoms with E-state index in [1.165, 1.54) is 24.6 Å². The number of benzene rings is 1. The molecule has 1 N–H and O–H groups in total. The van der Waals surface area contributed by atoms with Crippen LogP contribution in [-0.2, 0) is 11.3 Å². The van der Waals surface area contributed by atoms with Gasteiger partial charge < -0.3 is 14.3 Å². The minimum Gasteiger partial charge on any atom is -0.467 e. The average molecular weight is 371 g/mol. The molecule has 1 aliphatic carbocycles. The highest BCUT2D eigenvalue weighted by Gasteiger charge is 2.30. The average Bonchev–Trinajstić information content (AvgIpc) is 3.21. The SMILES string of the molecule is OC(COCc1ccco1)CSc1nc(C2CC2)n(-c2ccccc2)n1. The Morgan fingerprint density at radius 2 is 2.08 bits per heavy atom. The first-order valence-electron chi connectivity index (χ1n) is 8.73. The highest BCUT2D eigenvalue weighted by Crippen LogP contribution is 2.40. The lowest BCUT2D eigenvalue weighted by atomic mass is 10.3. The molecule has 1 unspecified atom stereocenters. The van der Waals surface area contributed by atoms with Crippen LogP contribution in [0, 0.1) is 0 Å². The van der Waals surface area contributed by atoms with E-state index in [-0.39, 0.29) is 6.61 Å². The summed E-state index contributed by atoms with van der Waals surface area (Å²) in [5.41, 5.74) is 1.02. The highest BCUT2D eigenvalue weighted by atomic mass is 32.2. The van der Waals surface area contributed by atoms with E-state index >= 15 is 0 Å². The van der Waals surface area contributed by atoms with E-state index in [1.807, 2.05) is 47.1 Å². The van der Waals surface area contributed by atoms with E-state index in [0.29, 0.717) is 23.4 Å². The summed E-state index contributed by atoms with van der Waals surface area (Å²) in [6, 6.07) is 13.7. The van der Waals surface area contributed by atoms with Gasteiger partial charge in [-0.25, -0.2) is 9.67 Å². The van der Waals surface area contributed by atoms with Gasteiger partial charge >= 0.3 is 0 Å². The molecule has 4 rings (SSSR count). The monoisotopic (exact) mass is 371 g/mol. The van der Waals surface area contributed by atoms with Crippen molar-refractivity contribution < 1.29 is 14.3 Å². The van der Waals surface area contributed by atoms with Crippen molar-refractivity contribution in [3.8, 4) is 5.69 Å². The van der Waals surface area contributed by atoms with Crippen LogP contribution in [0.5, 0.6) is 0 Å². The number of rotatable bonds is 9. The number of aliphatic hydroxyl groups is 1. The molecule has 0 bridgehead atoms. The Kier molecular flexibility index (Phi) is 5.38. The first-order chi connectivity index (χ1) is 12.8. The minimum atomic E-state index is -0.581. The van der Waals surface area contributed by atoms with Gasteiger partial charge in [-0.2, -0.15) is 0 Å². The van der Waals surface area contributed by atoms with Gasteiger partial charge in [0.1, 0.15) is 18.2 Å². The maximum absolute atomic E-state index is 10.1. The molecule has 0 saturated heterocycles. The fourth-order valence-electron chi connectivity index (χ4n) is 2.64. The molecule has 26 heavy (non-hydrogen) atoms. The smallest absolute Gasteiger partial charge is 0.209 e. The van der Waals surface area contributed by atoms with E-state index in [9.17, 15) is 5.11 Å². The molecule has 0 amide bonds. The third-order valence-electron chi connectivity index (χ3n) is 4.10. The van der Waals surface area contributed by atoms with Gasteiger partial charge in [-0.3, -0.25) is 0 Å². The van der Waals surface area contributed by atoms with Gasteiger partial charge in [0.15, 0.2) is 0 Å². The second-order valence-electron chi connectivity index (χ2n) is 6.33. The van der Waals surface area contributed by atoms with Crippen molar-refractivity contribution in [2.45, 2.75) is 36.6 Å². The van der Waals surface area contributed by atoms with Crippen molar-refractivity contribution in [1.82, 2.24) is 14.8 Å². The molecule has 1 aromatic carbocycles. The molecular formula is C19H21N3O3S. The fourth-order valence-corrected chi connectivity index (χ4v) is 3.37. The number of para-hydroxylation sites is 1. The molecular weight excluding hydrogens is 350 g/mol. The molecule has 136 valence electrons. The van der Waals surface area contributed by atoms with Crippen LogP contribution in [0.3, 0.4) is 0 Å². The lowest BCUT2D eigenvalue weighted by molar-refractivity contribution is 0.0328. The van der Waals surface area contributed by atoms with Crippen molar-refractivity contribution in [2.75, 3.05) is 12.4 Å². The molecule has 2 aromatic heterocycles. The van der Waals surface area contributed by atoms with Crippen molar-refractivity contribution in [3.05, 3.63) is 60.3 Å². The Balaban J connectivity index is 1.33. The Morgan fingerprint density at radius 3 is 2.81 bits per heavy atom. The number of hydrogen-bond donors (Lipinski definition) is 1. The van der Waals surface area contributed by atoms with Gasteiger partial charge in [0.2, 0.25) is 5.16 Å². The number of aromatic nitrogens is 3. The zero-order valence-electron chi connectivity index (χ0n) is 14.3. The van der Waals surface area contributed by atoms with E-state index < -0.39 is 6.10 Å². The second-order valence-corrected chi connectivity index (χ2v) is 7.32. The van der Waals surface area contributed by atoms with Gasteiger partial charge in [0, 0.05) is 11.7 Å². The van der Waals surface area contributed by atoms with Crippen molar-refractivity contribution >= 4 is 11.8 Å². The van der Waals surface area contributed by atoms with Crippen molar-refractivity contribution in [2.24, 2.45) is 0 Å². The predicted octanol–water partition coefficient (Wildman–Crippen LogP) is 3.41. The number of furan rings is 1. The summed E-state index contributed by atoms with van der Waals surface area (Å²) in [6.07, 6.45) is 3.36. The van der Waals surface area contributed by atoms with E-state index in [0.717, 1.165) is 17.3 Å². The minimum absolute atomic E-state index is 0.253. The van der Waals surface area contributed by atoms with Gasteiger partial charge in [-0.05, 0) is 37.1 Å². The molecule has 3 aromatic rings. The van der Waals surface area contributed by atoms with Crippen LogP contribution in [-0.4, -0.2) is 38.3 Å². The first-order valence-corrected chi connectivity index (χ1v) is 9.71. The van der Waals surface area contributed by atoms with Gasteiger partial charge in [-0.1, -0.05) is 30.0 Å². The molecule has 7 heteroatoms. The third kappa shape index (κ3) is 4.35. The van der Waals surface area contributed by atoms with Crippen LogP contribution in [0.15, 0.2) is 58.3 Å². The molecule has 0 aliphatic heterocycles. The van der Waals surface area contributed by atoms with E-state index in [2.05, 4.69) is 10.1 Å². The normalized spacial score (nSPS) is 15.3. The fraction of sp³-hybridized carbons (Fsp3) is 0.368. The lowest BCUT2D eigenvalue weighted by Crippen LogP contribution is -2.17. The van der Waals surface area contributed by atoms with Crippen molar-refractivity contribution in [3.63, 3.8) is 0 Å². The van der Waals surface area contributed by atoms with Crippen LogP contribution < -0.4 is 0 Å². The molecule has 2 heterocycles. The quantitative estimate of drug-likeness (QED) is 0.581. The van der Waals surface area contributed by atoms with Crippen LogP contribution in [0.4, 0.5) is 0 Å². The standard InChI is InChI=1S/C19H21N3O3S/c23-16(11-24-12-17-7-4-10-25-17)13-26-19-20-18(14-8-9-14)22(21-19)15-5-2-1-3-6-15/h1-7,10,14,16,23H,8-9,11-13H2. The van der Waals surface area contributed by atoms with Gasteiger partial charge in [0.25, 0.3) is 0 Å². The summed E-state index contributed by atoms with van der Waals surface area (Å²) < 4.78 is 12.6. The zero-order valence-corrected chi connectivity index (χ0v) is 15.1. The van der Waals surface area contributed by atoms with Gasteiger partial charge in [0.05, 0.1) is 24.7 Å². The first kappa shape index (κ1) is 17.3. The maximum atomic E-state index is 10.1. The Morgan fingerprint density at radius 1 is 1.23 bits per heavy atom. The summed E-state index contributed by atoms with van der Waals surface area (Å²) in [5, 5.41) is 15.4. The number of aliphatic hydroxyl groups excluding tert-OH is 1. The van der Waals surface area contributed by atoms with E-state index in [4.69, 9.17) is 9.15 Å². The van der Waals surface area contributed by atoms with Crippen LogP contribution >= 0.6 is 11.8 Å². The van der Waals surface area contributed by atoms with Crippen LogP contribution in [0.2, 0.25) is 0 Å². The molecule has 1 aliphatic rings. The largest absolute Gasteiger partial charge is 0.467 e. The molecule has 1 saturated carbocycles. The second kappa shape index (κ2) is 8.07. The number of thioether (sulfide) groups is 1. The summed E-state index contributed by atoms with van der Waals surface area (Å²) >= 11 is 1.45. The Hall–Kier alpha value is -2.09. The molecule has 1 atom stereocenters. The Labute approximate surface area is 156 Å². The highest BCUT2D eigenvalue weighted by molar-refractivity contribution is 7.99. The van der Waals surface area contributed by atoms with E-state index in [1.54, 1.807) is 6.26 Å². The third-order valence-corrected chi connectivity index (χ3v) is 5.08. The summed E-state index contributed by atoms with van der Waals surface area (Å²) in [6.45, 7) is 0.615. The molecule has 6 nitrogen and oxygen atoms in total. The predicted molar refractivity (Wildman–Crippen MR) is 98.4 cm³/mol. The Bertz CT molecular complexity index is 816. The molecule has 0 radical (unpaired) electrons. The van der Waals surface area contributed by atoms with Crippen LogP contribution in [0.1, 0.15) is 30.3 Å². The maximum Gasteiger partial charge on any atom is 0.209 e. The summed E-state index contributed by atoms with van der Waals surface area (Å²) in [4.78, 5) is 4.69.